The van der Waals surface area contributed by atoms with Crippen molar-refractivity contribution >= 4 is 11.6 Å². The van der Waals surface area contributed by atoms with Gasteiger partial charge in [0.15, 0.2) is 0 Å². The molecule has 0 bridgehead atoms. The van der Waals surface area contributed by atoms with Crippen LogP contribution in [0.3, 0.4) is 0 Å². The molecule has 0 amide bonds. The molecule has 2 N–H and O–H groups in total. The molecule has 2 heterocycles. The van der Waals surface area contributed by atoms with Crippen LogP contribution >= 0.6 is 0 Å². The molecule has 1 aliphatic heterocycles. The molecular formula is C12H21N5O. The monoisotopic (exact) mass is 251 g/mol. The zero-order valence-electron chi connectivity index (χ0n) is 11.0. The van der Waals surface area contributed by atoms with Gasteiger partial charge in [0, 0.05) is 39.4 Å². The lowest BCUT2D eigenvalue weighted by Gasteiger charge is -2.24. The molecule has 0 saturated carbocycles. The van der Waals surface area contributed by atoms with Gasteiger partial charge in [0.05, 0.1) is 6.61 Å². The van der Waals surface area contributed by atoms with Crippen LogP contribution < -0.4 is 15.5 Å². The Morgan fingerprint density at radius 1 is 1.56 bits per heavy atom. The van der Waals surface area contributed by atoms with Gasteiger partial charge in [-0.05, 0) is 13.0 Å². The van der Waals surface area contributed by atoms with Crippen molar-refractivity contribution in [3.05, 3.63) is 12.4 Å². The van der Waals surface area contributed by atoms with Gasteiger partial charge < -0.3 is 20.3 Å². The van der Waals surface area contributed by atoms with Crippen molar-refractivity contribution in [2.24, 2.45) is 0 Å². The first-order valence-corrected chi connectivity index (χ1v) is 6.29. The van der Waals surface area contributed by atoms with Gasteiger partial charge in [-0.25, -0.2) is 9.97 Å². The second-order valence-electron chi connectivity index (χ2n) is 4.44. The summed E-state index contributed by atoms with van der Waals surface area (Å²) in [5.41, 5.74) is 0. The van der Waals surface area contributed by atoms with E-state index in [2.05, 4.69) is 32.5 Å². The second-order valence-corrected chi connectivity index (χ2v) is 4.44. The van der Waals surface area contributed by atoms with E-state index in [1.54, 1.807) is 13.4 Å². The predicted octanol–water partition coefficient (Wildman–Crippen LogP) is 0.333. The van der Waals surface area contributed by atoms with E-state index in [1.165, 1.54) is 0 Å². The molecule has 100 valence electrons. The topological polar surface area (TPSA) is 62.3 Å². The molecule has 0 spiro atoms. The predicted molar refractivity (Wildman–Crippen MR) is 72.1 cm³/mol. The van der Waals surface area contributed by atoms with Crippen molar-refractivity contribution in [1.29, 1.82) is 0 Å². The van der Waals surface area contributed by atoms with Crippen LogP contribution in [-0.4, -0.2) is 56.4 Å². The largest absolute Gasteiger partial charge is 0.383 e. The third-order valence-electron chi connectivity index (χ3n) is 3.21. The molecule has 18 heavy (non-hydrogen) atoms. The van der Waals surface area contributed by atoms with Gasteiger partial charge in [0.25, 0.3) is 0 Å². The van der Waals surface area contributed by atoms with Crippen LogP contribution in [0.1, 0.15) is 6.42 Å². The van der Waals surface area contributed by atoms with E-state index < -0.39 is 0 Å². The maximum atomic E-state index is 5.00. The molecule has 1 saturated heterocycles. The van der Waals surface area contributed by atoms with Crippen molar-refractivity contribution in [3.8, 4) is 0 Å². The highest BCUT2D eigenvalue weighted by Crippen LogP contribution is 2.17. The molecule has 1 fully saturated rings. The third-order valence-corrected chi connectivity index (χ3v) is 3.21. The summed E-state index contributed by atoms with van der Waals surface area (Å²) >= 11 is 0. The Kier molecular flexibility index (Phi) is 4.72. The van der Waals surface area contributed by atoms with Gasteiger partial charge in [-0.3, -0.25) is 0 Å². The molecule has 1 aromatic rings. The lowest BCUT2D eigenvalue weighted by atomic mass is 10.2. The molecule has 1 aliphatic rings. The fourth-order valence-corrected chi connectivity index (χ4v) is 2.07. The minimum atomic E-state index is 0.520. The summed E-state index contributed by atoms with van der Waals surface area (Å²) < 4.78 is 5.00. The van der Waals surface area contributed by atoms with Gasteiger partial charge in [-0.1, -0.05) is 0 Å². The van der Waals surface area contributed by atoms with Gasteiger partial charge >= 0.3 is 0 Å². The van der Waals surface area contributed by atoms with Crippen LogP contribution in [-0.2, 0) is 4.74 Å². The standard InChI is InChI=1S/C12H21N5O/c1-17(10-3-4-13-8-10)12-7-11(15-9-16-12)14-5-6-18-2/h7,9-10,13H,3-6,8H2,1-2H3,(H,14,15,16). The minimum absolute atomic E-state index is 0.520. The first-order valence-electron chi connectivity index (χ1n) is 6.29. The number of hydrogen-bond acceptors (Lipinski definition) is 6. The fraction of sp³-hybridized carbons (Fsp3) is 0.667. The zero-order chi connectivity index (χ0) is 12.8. The quantitative estimate of drug-likeness (QED) is 0.711. The van der Waals surface area contributed by atoms with E-state index in [0.29, 0.717) is 12.6 Å². The number of ether oxygens (including phenoxy) is 1. The Balaban J connectivity index is 1.97. The Bertz CT molecular complexity index is 367. The summed E-state index contributed by atoms with van der Waals surface area (Å²) in [6, 6.07) is 2.50. The van der Waals surface area contributed by atoms with Crippen LogP contribution in [0.4, 0.5) is 11.6 Å². The van der Waals surface area contributed by atoms with Crippen LogP contribution in [0.5, 0.6) is 0 Å². The number of nitrogens with zero attached hydrogens (tertiary/aromatic N) is 3. The Morgan fingerprint density at radius 3 is 3.17 bits per heavy atom. The van der Waals surface area contributed by atoms with Crippen molar-refractivity contribution in [3.63, 3.8) is 0 Å². The summed E-state index contributed by atoms with van der Waals surface area (Å²) in [4.78, 5) is 10.7. The van der Waals surface area contributed by atoms with E-state index in [4.69, 9.17) is 4.74 Å². The number of nitrogens with one attached hydrogen (secondary N) is 2. The number of rotatable bonds is 6. The number of anilines is 2. The molecule has 1 unspecified atom stereocenters. The van der Waals surface area contributed by atoms with Crippen LogP contribution in [0, 0.1) is 0 Å². The molecule has 1 atom stereocenters. The number of aromatic nitrogens is 2. The third kappa shape index (κ3) is 3.30. The average Bonchev–Trinajstić information content (AvgIpc) is 2.92. The lowest BCUT2D eigenvalue weighted by Crippen LogP contribution is -2.34. The van der Waals surface area contributed by atoms with Gasteiger partial charge in [0.1, 0.15) is 18.0 Å². The summed E-state index contributed by atoms with van der Waals surface area (Å²) in [6.07, 6.45) is 2.76. The van der Waals surface area contributed by atoms with E-state index >= 15 is 0 Å². The van der Waals surface area contributed by atoms with Crippen LogP contribution in [0.2, 0.25) is 0 Å². The molecule has 2 rings (SSSR count). The Hall–Kier alpha value is -1.40. The maximum Gasteiger partial charge on any atom is 0.134 e. The van der Waals surface area contributed by atoms with E-state index in [1.807, 2.05) is 6.07 Å². The Labute approximate surface area is 108 Å². The molecule has 6 heteroatoms. The van der Waals surface area contributed by atoms with Crippen molar-refractivity contribution in [2.45, 2.75) is 12.5 Å². The second kappa shape index (κ2) is 6.51. The van der Waals surface area contributed by atoms with Gasteiger partial charge in [-0.15, -0.1) is 0 Å². The summed E-state index contributed by atoms with van der Waals surface area (Å²) in [6.45, 7) is 3.52. The number of likely N-dealkylation sites (N-methyl/N-ethyl adjacent to an activating group) is 1. The smallest absolute Gasteiger partial charge is 0.134 e. The summed E-state index contributed by atoms with van der Waals surface area (Å²) in [5.74, 6) is 1.80. The van der Waals surface area contributed by atoms with Crippen LogP contribution in [0.15, 0.2) is 12.4 Å². The number of hydrogen-bond donors (Lipinski definition) is 2. The van der Waals surface area contributed by atoms with E-state index in [0.717, 1.165) is 37.7 Å². The summed E-state index contributed by atoms with van der Waals surface area (Å²) in [5, 5.41) is 6.58. The molecule has 0 radical (unpaired) electrons. The SMILES string of the molecule is COCCNc1cc(N(C)C2CCNC2)ncn1. The molecule has 6 nitrogen and oxygen atoms in total. The zero-order valence-corrected chi connectivity index (χ0v) is 11.0. The van der Waals surface area contributed by atoms with E-state index in [9.17, 15) is 0 Å². The molecule has 0 aromatic carbocycles. The first kappa shape index (κ1) is 13.0. The lowest BCUT2D eigenvalue weighted by molar-refractivity contribution is 0.210. The molecular weight excluding hydrogens is 230 g/mol. The molecule has 1 aromatic heterocycles. The van der Waals surface area contributed by atoms with Crippen molar-refractivity contribution < 1.29 is 4.74 Å². The average molecular weight is 251 g/mol. The van der Waals surface area contributed by atoms with Crippen LogP contribution in [0.25, 0.3) is 0 Å². The summed E-state index contributed by atoms with van der Waals surface area (Å²) in [7, 11) is 3.77. The normalized spacial score (nSPS) is 18.9. The van der Waals surface area contributed by atoms with Gasteiger partial charge in [0.2, 0.25) is 0 Å². The fourth-order valence-electron chi connectivity index (χ4n) is 2.07. The molecule has 0 aliphatic carbocycles. The van der Waals surface area contributed by atoms with Crippen molar-refractivity contribution in [1.82, 2.24) is 15.3 Å². The Morgan fingerprint density at radius 2 is 2.44 bits per heavy atom. The highest BCUT2D eigenvalue weighted by atomic mass is 16.5. The minimum Gasteiger partial charge on any atom is -0.383 e. The van der Waals surface area contributed by atoms with Crippen molar-refractivity contribution in [2.75, 3.05) is 50.6 Å². The van der Waals surface area contributed by atoms with E-state index in [-0.39, 0.29) is 0 Å². The first-order chi connectivity index (χ1) is 8.81. The highest BCUT2D eigenvalue weighted by molar-refractivity contribution is 5.48. The number of methoxy groups -OCH3 is 1. The maximum absolute atomic E-state index is 5.00. The van der Waals surface area contributed by atoms with Gasteiger partial charge in [-0.2, -0.15) is 0 Å². The highest BCUT2D eigenvalue weighted by Gasteiger charge is 2.20.